The molecule has 16 heavy (non-hydrogen) atoms. The molecule has 0 bridgehead atoms. The molecule has 90 valence electrons. The van der Waals surface area contributed by atoms with Crippen LogP contribution >= 0.6 is 11.8 Å². The molecule has 1 aromatic rings. The minimum absolute atomic E-state index is 0.151. The highest BCUT2D eigenvalue weighted by molar-refractivity contribution is 7.99. The number of aromatic nitrogens is 2. The summed E-state index contributed by atoms with van der Waals surface area (Å²) >= 11 is 1.86. The van der Waals surface area contributed by atoms with Crippen molar-refractivity contribution in [1.82, 2.24) is 9.97 Å². The lowest BCUT2D eigenvalue weighted by Crippen LogP contribution is -2.19. The van der Waals surface area contributed by atoms with Crippen LogP contribution in [0, 0.1) is 0 Å². The van der Waals surface area contributed by atoms with Crippen molar-refractivity contribution >= 4 is 11.8 Å². The van der Waals surface area contributed by atoms with E-state index in [9.17, 15) is 0 Å². The first-order chi connectivity index (χ1) is 7.37. The normalized spacial score (nSPS) is 13.8. The molecule has 0 spiro atoms. The van der Waals surface area contributed by atoms with E-state index in [-0.39, 0.29) is 10.8 Å². The molecule has 0 radical (unpaired) electrons. The van der Waals surface area contributed by atoms with Crippen LogP contribution in [0.5, 0.6) is 0 Å². The van der Waals surface area contributed by atoms with Gasteiger partial charge in [0.15, 0.2) is 0 Å². The van der Waals surface area contributed by atoms with Crippen molar-refractivity contribution in [2.24, 2.45) is 5.73 Å². The highest BCUT2D eigenvalue weighted by Gasteiger charge is 2.11. The molecule has 0 aliphatic carbocycles. The Hall–Kier alpha value is -0.610. The van der Waals surface area contributed by atoms with Crippen LogP contribution in [0.25, 0.3) is 0 Å². The first-order valence-corrected chi connectivity index (χ1v) is 6.56. The van der Waals surface area contributed by atoms with Crippen molar-refractivity contribution in [3.8, 4) is 0 Å². The predicted octanol–water partition coefficient (Wildman–Crippen LogP) is 2.40. The number of hydrogen-bond donors (Lipinski definition) is 1. The average Bonchev–Trinajstić information content (AvgIpc) is 2.13. The molecule has 0 aromatic carbocycles. The zero-order chi connectivity index (χ0) is 12.2. The largest absolute Gasteiger partial charge is 0.328 e. The van der Waals surface area contributed by atoms with E-state index >= 15 is 0 Å². The molecular formula is C12H21N3S. The van der Waals surface area contributed by atoms with Gasteiger partial charge >= 0.3 is 0 Å². The summed E-state index contributed by atoms with van der Waals surface area (Å²) in [5.41, 5.74) is 6.79. The zero-order valence-electron chi connectivity index (χ0n) is 10.5. The molecule has 0 fully saturated rings. The van der Waals surface area contributed by atoms with E-state index in [0.29, 0.717) is 0 Å². The third kappa shape index (κ3) is 5.47. The molecule has 4 heteroatoms. The van der Waals surface area contributed by atoms with Gasteiger partial charge in [0.05, 0.1) is 5.75 Å². The smallest absolute Gasteiger partial charge is 0.138 e. The Morgan fingerprint density at radius 3 is 2.69 bits per heavy atom. The fraction of sp³-hybridized carbons (Fsp3) is 0.667. The Bertz CT molecular complexity index is 331. The maximum absolute atomic E-state index is 5.75. The van der Waals surface area contributed by atoms with Gasteiger partial charge in [0, 0.05) is 29.1 Å². The molecule has 2 N–H and O–H groups in total. The molecule has 0 saturated carbocycles. The summed E-state index contributed by atoms with van der Waals surface area (Å²) in [5.74, 6) is 1.76. The van der Waals surface area contributed by atoms with Crippen LogP contribution in [0.1, 0.15) is 39.2 Å². The van der Waals surface area contributed by atoms with Crippen LogP contribution in [0.3, 0.4) is 0 Å². The topological polar surface area (TPSA) is 51.8 Å². The van der Waals surface area contributed by atoms with Crippen LogP contribution in [0.2, 0.25) is 0 Å². The van der Waals surface area contributed by atoms with Crippen LogP contribution in [0.4, 0.5) is 0 Å². The molecule has 0 saturated heterocycles. The summed E-state index contributed by atoms with van der Waals surface area (Å²) in [6, 6.07) is 2.09. The summed E-state index contributed by atoms with van der Waals surface area (Å²) in [7, 11) is 0. The fourth-order valence-electron chi connectivity index (χ4n) is 1.24. The second kappa shape index (κ2) is 5.64. The van der Waals surface area contributed by atoms with Gasteiger partial charge in [-0.05, 0) is 13.0 Å². The Labute approximate surface area is 102 Å². The second-order valence-electron chi connectivity index (χ2n) is 5.05. The van der Waals surface area contributed by atoms with Crippen molar-refractivity contribution in [2.45, 2.75) is 50.7 Å². The molecule has 3 nitrogen and oxygen atoms in total. The van der Waals surface area contributed by atoms with Crippen LogP contribution in [0.15, 0.2) is 12.3 Å². The maximum atomic E-state index is 5.75. The molecule has 1 aromatic heterocycles. The number of rotatable bonds is 4. The van der Waals surface area contributed by atoms with Crippen molar-refractivity contribution < 1.29 is 0 Å². The molecule has 1 heterocycles. The number of nitrogens with zero attached hydrogens (tertiary/aromatic N) is 2. The molecular weight excluding hydrogens is 218 g/mol. The quantitative estimate of drug-likeness (QED) is 0.876. The monoisotopic (exact) mass is 239 g/mol. The Morgan fingerprint density at radius 2 is 2.12 bits per heavy atom. The standard InChI is InChI=1S/C12H21N3S/c1-9(13)7-10-5-6-14-11(15-10)8-16-12(2,3)4/h5-6,9H,7-8,13H2,1-4H3. The van der Waals surface area contributed by atoms with E-state index in [1.54, 1.807) is 0 Å². The lowest BCUT2D eigenvalue weighted by Gasteiger charge is -2.16. The van der Waals surface area contributed by atoms with E-state index in [0.717, 1.165) is 23.7 Å². The fourth-order valence-corrected chi connectivity index (χ4v) is 1.94. The van der Waals surface area contributed by atoms with E-state index in [1.807, 2.05) is 30.9 Å². The third-order valence-corrected chi connectivity index (χ3v) is 3.20. The summed E-state index contributed by atoms with van der Waals surface area (Å²) < 4.78 is 0.251. The average molecular weight is 239 g/mol. The van der Waals surface area contributed by atoms with Gasteiger partial charge in [0.1, 0.15) is 5.82 Å². The Kier molecular flexibility index (Phi) is 4.74. The summed E-state index contributed by atoms with van der Waals surface area (Å²) in [6.07, 6.45) is 2.64. The number of nitrogens with two attached hydrogens (primary N) is 1. The molecule has 1 atom stereocenters. The van der Waals surface area contributed by atoms with Crippen LogP contribution < -0.4 is 5.73 Å². The van der Waals surface area contributed by atoms with Gasteiger partial charge in [-0.3, -0.25) is 0 Å². The van der Waals surface area contributed by atoms with E-state index in [4.69, 9.17) is 5.73 Å². The zero-order valence-corrected chi connectivity index (χ0v) is 11.3. The predicted molar refractivity (Wildman–Crippen MR) is 70.4 cm³/mol. The molecule has 0 aliphatic heterocycles. The SMILES string of the molecule is CC(N)Cc1ccnc(CSC(C)(C)C)n1. The highest BCUT2D eigenvalue weighted by Crippen LogP contribution is 2.25. The van der Waals surface area contributed by atoms with Crippen molar-refractivity contribution in [1.29, 1.82) is 0 Å². The molecule has 1 unspecified atom stereocenters. The van der Waals surface area contributed by atoms with E-state index in [1.165, 1.54) is 0 Å². The van der Waals surface area contributed by atoms with Gasteiger partial charge in [-0.15, -0.1) is 11.8 Å². The number of hydrogen-bond acceptors (Lipinski definition) is 4. The van der Waals surface area contributed by atoms with Crippen LogP contribution in [-0.4, -0.2) is 20.8 Å². The summed E-state index contributed by atoms with van der Waals surface area (Å²) in [5, 5.41) is 0. The Morgan fingerprint density at radius 1 is 1.44 bits per heavy atom. The van der Waals surface area contributed by atoms with Gasteiger partial charge in [-0.25, -0.2) is 9.97 Å². The molecule has 0 aliphatic rings. The minimum atomic E-state index is 0.151. The first kappa shape index (κ1) is 13.5. The molecule has 0 amide bonds. The lowest BCUT2D eigenvalue weighted by molar-refractivity contribution is 0.715. The van der Waals surface area contributed by atoms with Gasteiger partial charge in [-0.1, -0.05) is 20.8 Å². The number of thioether (sulfide) groups is 1. The second-order valence-corrected chi connectivity index (χ2v) is 6.85. The van der Waals surface area contributed by atoms with E-state index < -0.39 is 0 Å². The first-order valence-electron chi connectivity index (χ1n) is 5.57. The highest BCUT2D eigenvalue weighted by atomic mass is 32.2. The van der Waals surface area contributed by atoms with Gasteiger partial charge in [-0.2, -0.15) is 0 Å². The lowest BCUT2D eigenvalue weighted by atomic mass is 10.2. The van der Waals surface area contributed by atoms with Crippen molar-refractivity contribution in [3.05, 3.63) is 23.8 Å². The van der Waals surface area contributed by atoms with Gasteiger partial charge in [0.2, 0.25) is 0 Å². The molecule has 1 rings (SSSR count). The summed E-state index contributed by atoms with van der Waals surface area (Å²) in [6.45, 7) is 8.59. The van der Waals surface area contributed by atoms with Crippen molar-refractivity contribution in [3.63, 3.8) is 0 Å². The third-order valence-electron chi connectivity index (χ3n) is 1.93. The van der Waals surface area contributed by atoms with Gasteiger partial charge in [0.25, 0.3) is 0 Å². The van der Waals surface area contributed by atoms with Crippen molar-refractivity contribution in [2.75, 3.05) is 0 Å². The maximum Gasteiger partial charge on any atom is 0.138 e. The van der Waals surface area contributed by atoms with E-state index in [2.05, 4.69) is 30.7 Å². The summed E-state index contributed by atoms with van der Waals surface area (Å²) in [4.78, 5) is 8.78. The minimum Gasteiger partial charge on any atom is -0.328 e. The Balaban J connectivity index is 2.60. The van der Waals surface area contributed by atoms with Gasteiger partial charge < -0.3 is 5.73 Å². The van der Waals surface area contributed by atoms with Crippen LogP contribution in [-0.2, 0) is 12.2 Å².